The van der Waals surface area contributed by atoms with E-state index in [1.165, 1.54) is 0 Å². The van der Waals surface area contributed by atoms with Crippen molar-refractivity contribution in [2.45, 2.75) is 31.7 Å². The van der Waals surface area contributed by atoms with Crippen LogP contribution >= 0.6 is 27.5 Å². The lowest BCUT2D eigenvalue weighted by Gasteiger charge is -2.28. The Morgan fingerprint density at radius 2 is 2.14 bits per heavy atom. The first kappa shape index (κ1) is 16.1. The molecular weight excluding hydrogens is 358 g/mol. The van der Waals surface area contributed by atoms with Gasteiger partial charge in [0, 0.05) is 10.5 Å². The fourth-order valence-electron chi connectivity index (χ4n) is 2.61. The Kier molecular flexibility index (Phi) is 5.47. The largest absolute Gasteiger partial charge is 0.409 e. The van der Waals surface area contributed by atoms with Gasteiger partial charge in [-0.25, -0.2) is 0 Å². The van der Waals surface area contributed by atoms with Crippen molar-refractivity contribution in [3.05, 3.63) is 33.3 Å². The Balaban J connectivity index is 2.28. The number of oxime groups is 1. The molecule has 7 heteroatoms. The number of halogens is 2. The normalized spacial score (nSPS) is 16.2. The van der Waals surface area contributed by atoms with Crippen molar-refractivity contribution < 1.29 is 10.0 Å². The molecule has 1 amide bonds. The lowest BCUT2D eigenvalue weighted by molar-refractivity contribution is 0.0712. The van der Waals surface area contributed by atoms with Gasteiger partial charge >= 0.3 is 0 Å². The second-order valence-electron chi connectivity index (χ2n) is 5.09. The Hall–Kier alpha value is -1.27. The summed E-state index contributed by atoms with van der Waals surface area (Å²) in [7, 11) is 0. The van der Waals surface area contributed by atoms with E-state index in [0.717, 1.165) is 30.2 Å². The van der Waals surface area contributed by atoms with Crippen molar-refractivity contribution in [3.63, 3.8) is 0 Å². The van der Waals surface area contributed by atoms with Gasteiger partial charge < -0.3 is 15.8 Å². The molecule has 0 bridgehead atoms. The van der Waals surface area contributed by atoms with Crippen molar-refractivity contribution in [2.24, 2.45) is 10.9 Å². The SMILES string of the molecule is NC(CN(C(=O)c1ccc(Br)cc1Cl)C1CCCC1)=NO. The monoisotopic (exact) mass is 373 g/mol. The molecule has 1 saturated carbocycles. The molecule has 5 nitrogen and oxygen atoms in total. The molecule has 1 aromatic carbocycles. The van der Waals surface area contributed by atoms with Gasteiger partial charge in [0.1, 0.15) is 0 Å². The summed E-state index contributed by atoms with van der Waals surface area (Å²) in [5, 5.41) is 12.1. The number of amidine groups is 1. The molecule has 0 radical (unpaired) electrons. The quantitative estimate of drug-likeness (QED) is 0.367. The fraction of sp³-hybridized carbons (Fsp3) is 0.429. The highest BCUT2D eigenvalue weighted by Crippen LogP contribution is 2.28. The zero-order valence-corrected chi connectivity index (χ0v) is 13.8. The predicted molar refractivity (Wildman–Crippen MR) is 85.9 cm³/mol. The Labute approximate surface area is 136 Å². The van der Waals surface area contributed by atoms with E-state index in [9.17, 15) is 4.79 Å². The molecule has 1 aliphatic carbocycles. The van der Waals surface area contributed by atoms with Crippen LogP contribution in [0, 0.1) is 0 Å². The van der Waals surface area contributed by atoms with E-state index < -0.39 is 0 Å². The topological polar surface area (TPSA) is 78.9 Å². The van der Waals surface area contributed by atoms with Crippen LogP contribution in [0.4, 0.5) is 0 Å². The molecule has 1 aromatic rings. The third-order valence-corrected chi connectivity index (χ3v) is 4.45. The number of carbonyl (C=O) groups is 1. The van der Waals surface area contributed by atoms with Gasteiger partial charge in [-0.1, -0.05) is 45.5 Å². The van der Waals surface area contributed by atoms with Crippen LogP contribution in [-0.2, 0) is 0 Å². The number of hydrogen-bond acceptors (Lipinski definition) is 3. The molecule has 0 aromatic heterocycles. The van der Waals surface area contributed by atoms with E-state index in [1.54, 1.807) is 23.1 Å². The summed E-state index contributed by atoms with van der Waals surface area (Å²) < 4.78 is 0.813. The highest BCUT2D eigenvalue weighted by atomic mass is 79.9. The standard InChI is InChI=1S/C14H17BrClN3O2/c15-9-5-6-11(12(16)7-9)14(20)19(8-13(17)18-21)10-3-1-2-4-10/h5-7,10,21H,1-4,8H2,(H2,17,18). The average molecular weight is 375 g/mol. The molecule has 0 heterocycles. The second kappa shape index (κ2) is 7.13. The van der Waals surface area contributed by atoms with Crippen molar-refractivity contribution in [3.8, 4) is 0 Å². The molecule has 3 N–H and O–H groups in total. The van der Waals surface area contributed by atoms with E-state index in [4.69, 9.17) is 22.5 Å². The highest BCUT2D eigenvalue weighted by molar-refractivity contribution is 9.10. The van der Waals surface area contributed by atoms with Crippen molar-refractivity contribution in [1.82, 2.24) is 4.90 Å². The maximum Gasteiger partial charge on any atom is 0.256 e. The van der Waals surface area contributed by atoms with Crippen molar-refractivity contribution >= 4 is 39.3 Å². The van der Waals surface area contributed by atoms with Crippen molar-refractivity contribution in [1.29, 1.82) is 0 Å². The van der Waals surface area contributed by atoms with Crippen molar-refractivity contribution in [2.75, 3.05) is 6.54 Å². The smallest absolute Gasteiger partial charge is 0.256 e. The molecule has 1 fully saturated rings. The molecule has 0 unspecified atom stereocenters. The van der Waals surface area contributed by atoms with Crippen LogP contribution < -0.4 is 5.73 Å². The van der Waals surface area contributed by atoms with Crippen LogP contribution in [0.25, 0.3) is 0 Å². The second-order valence-corrected chi connectivity index (χ2v) is 6.41. The number of nitrogens with two attached hydrogens (primary N) is 1. The van der Waals surface area contributed by atoms with E-state index in [-0.39, 0.29) is 24.3 Å². The summed E-state index contributed by atoms with van der Waals surface area (Å²) in [5.41, 5.74) is 6.01. The van der Waals surface area contributed by atoms with Crippen LogP contribution in [-0.4, -0.2) is 34.4 Å². The summed E-state index contributed by atoms with van der Waals surface area (Å²) in [6.45, 7) is 0.104. The Morgan fingerprint density at radius 3 is 2.71 bits per heavy atom. The maximum absolute atomic E-state index is 12.7. The Bertz CT molecular complexity index is 559. The molecule has 1 aliphatic rings. The van der Waals surface area contributed by atoms with Crippen LogP contribution in [0.2, 0.25) is 5.02 Å². The minimum absolute atomic E-state index is 0.0171. The summed E-state index contributed by atoms with van der Waals surface area (Å²) in [6, 6.07) is 5.25. The van der Waals surface area contributed by atoms with Crippen LogP contribution in [0.5, 0.6) is 0 Å². The van der Waals surface area contributed by atoms with Gasteiger partial charge in [-0.15, -0.1) is 0 Å². The fourth-order valence-corrected chi connectivity index (χ4v) is 3.36. The number of hydrogen-bond donors (Lipinski definition) is 2. The summed E-state index contributed by atoms with van der Waals surface area (Å²) >= 11 is 9.48. The van der Waals surface area contributed by atoms with Crippen LogP contribution in [0.3, 0.4) is 0 Å². The predicted octanol–water partition coefficient (Wildman–Crippen LogP) is 3.23. The molecule has 2 rings (SSSR count). The Morgan fingerprint density at radius 1 is 1.48 bits per heavy atom. The third kappa shape index (κ3) is 3.89. The van der Waals surface area contributed by atoms with Gasteiger partial charge in [-0.2, -0.15) is 0 Å². The zero-order chi connectivity index (χ0) is 15.4. The lowest BCUT2D eigenvalue weighted by Crippen LogP contribution is -2.44. The maximum atomic E-state index is 12.7. The summed E-state index contributed by atoms with van der Waals surface area (Å²) in [4.78, 5) is 14.4. The molecular formula is C14H17BrClN3O2. The number of nitrogens with zero attached hydrogens (tertiary/aromatic N) is 2. The molecule has 114 valence electrons. The van der Waals surface area contributed by atoms with Gasteiger partial charge in [-0.05, 0) is 31.0 Å². The molecule has 21 heavy (non-hydrogen) atoms. The first-order valence-corrected chi connectivity index (χ1v) is 7.92. The molecule has 0 saturated heterocycles. The van der Waals surface area contributed by atoms with E-state index >= 15 is 0 Å². The average Bonchev–Trinajstić information content (AvgIpc) is 2.97. The molecule has 0 aliphatic heterocycles. The number of amides is 1. The highest BCUT2D eigenvalue weighted by Gasteiger charge is 2.29. The zero-order valence-electron chi connectivity index (χ0n) is 11.4. The summed E-state index contributed by atoms with van der Waals surface area (Å²) in [6.07, 6.45) is 4.02. The van der Waals surface area contributed by atoms with Gasteiger partial charge in [0.15, 0.2) is 5.84 Å². The van der Waals surface area contributed by atoms with Crippen LogP contribution in [0.15, 0.2) is 27.8 Å². The number of benzene rings is 1. The van der Waals surface area contributed by atoms with Crippen LogP contribution in [0.1, 0.15) is 36.0 Å². The van der Waals surface area contributed by atoms with E-state index in [2.05, 4.69) is 21.1 Å². The van der Waals surface area contributed by atoms with Gasteiger partial charge in [0.25, 0.3) is 5.91 Å². The molecule has 0 spiro atoms. The van der Waals surface area contributed by atoms with Gasteiger partial charge in [0.05, 0.1) is 17.1 Å². The number of carbonyl (C=O) groups excluding carboxylic acids is 1. The first-order valence-electron chi connectivity index (χ1n) is 6.75. The van der Waals surface area contributed by atoms with E-state index in [1.807, 2.05) is 0 Å². The first-order chi connectivity index (χ1) is 10.0. The minimum atomic E-state index is -0.189. The van der Waals surface area contributed by atoms with Gasteiger partial charge in [0.2, 0.25) is 0 Å². The summed E-state index contributed by atoms with van der Waals surface area (Å²) in [5.74, 6) is -0.172. The third-order valence-electron chi connectivity index (χ3n) is 3.65. The van der Waals surface area contributed by atoms with Gasteiger partial charge in [-0.3, -0.25) is 4.79 Å². The lowest BCUT2D eigenvalue weighted by atomic mass is 10.1. The molecule has 0 atom stereocenters. The van der Waals surface area contributed by atoms with E-state index in [0.29, 0.717) is 10.6 Å². The number of rotatable bonds is 4. The minimum Gasteiger partial charge on any atom is -0.409 e.